The van der Waals surface area contributed by atoms with Crippen LogP contribution in [-0.4, -0.2) is 29.5 Å². The Morgan fingerprint density at radius 2 is 2.47 bits per heavy atom. The summed E-state index contributed by atoms with van der Waals surface area (Å²) in [7, 11) is 2.08. The summed E-state index contributed by atoms with van der Waals surface area (Å²) in [5.74, 6) is 0.305. The minimum absolute atomic E-state index is 0.305. The van der Waals surface area contributed by atoms with Crippen LogP contribution in [0.4, 0.5) is 0 Å². The SMILES string of the molecule is CN(CCC/C(N)=N/O)Cc1cccs1. The Balaban J connectivity index is 2.17. The average molecular weight is 227 g/mol. The first-order valence-corrected chi connectivity index (χ1v) is 5.77. The number of hydrogen-bond acceptors (Lipinski definition) is 4. The maximum absolute atomic E-state index is 8.36. The Hall–Kier alpha value is -1.07. The van der Waals surface area contributed by atoms with Crippen molar-refractivity contribution in [2.75, 3.05) is 13.6 Å². The van der Waals surface area contributed by atoms with E-state index >= 15 is 0 Å². The Labute approximate surface area is 94.0 Å². The third-order valence-electron chi connectivity index (χ3n) is 2.11. The van der Waals surface area contributed by atoms with Crippen LogP contribution in [0.2, 0.25) is 0 Å². The van der Waals surface area contributed by atoms with E-state index in [-0.39, 0.29) is 0 Å². The van der Waals surface area contributed by atoms with Crippen molar-refractivity contribution in [3.05, 3.63) is 22.4 Å². The second-order valence-corrected chi connectivity index (χ2v) is 4.54. The van der Waals surface area contributed by atoms with Gasteiger partial charge < -0.3 is 15.8 Å². The van der Waals surface area contributed by atoms with Gasteiger partial charge in [-0.3, -0.25) is 0 Å². The Bertz CT molecular complexity index is 298. The van der Waals surface area contributed by atoms with Gasteiger partial charge in [0.05, 0.1) is 0 Å². The molecule has 15 heavy (non-hydrogen) atoms. The molecule has 5 heteroatoms. The minimum Gasteiger partial charge on any atom is -0.409 e. The van der Waals surface area contributed by atoms with E-state index in [1.54, 1.807) is 11.3 Å². The second-order valence-electron chi connectivity index (χ2n) is 3.51. The molecule has 1 heterocycles. The quantitative estimate of drug-likeness (QED) is 0.336. The Kier molecular flexibility index (Phi) is 5.14. The van der Waals surface area contributed by atoms with Gasteiger partial charge >= 0.3 is 0 Å². The molecule has 1 rings (SSSR count). The molecule has 0 bridgehead atoms. The first-order chi connectivity index (χ1) is 7.22. The van der Waals surface area contributed by atoms with Gasteiger partial charge in [0.25, 0.3) is 0 Å². The molecule has 0 fully saturated rings. The van der Waals surface area contributed by atoms with Gasteiger partial charge in [-0.1, -0.05) is 11.2 Å². The van der Waals surface area contributed by atoms with Crippen molar-refractivity contribution in [3.8, 4) is 0 Å². The fourth-order valence-electron chi connectivity index (χ4n) is 1.33. The van der Waals surface area contributed by atoms with E-state index < -0.39 is 0 Å². The second kappa shape index (κ2) is 6.42. The van der Waals surface area contributed by atoms with E-state index in [0.29, 0.717) is 12.3 Å². The van der Waals surface area contributed by atoms with Crippen LogP contribution in [0.3, 0.4) is 0 Å². The van der Waals surface area contributed by atoms with E-state index in [0.717, 1.165) is 19.5 Å². The van der Waals surface area contributed by atoms with Crippen molar-refractivity contribution < 1.29 is 5.21 Å². The number of amidine groups is 1. The molecule has 4 nitrogen and oxygen atoms in total. The lowest BCUT2D eigenvalue weighted by atomic mass is 10.3. The number of nitrogens with zero attached hydrogens (tertiary/aromatic N) is 2. The number of hydrogen-bond donors (Lipinski definition) is 2. The molecule has 0 saturated carbocycles. The van der Waals surface area contributed by atoms with Crippen molar-refractivity contribution in [2.24, 2.45) is 10.9 Å². The Morgan fingerprint density at radius 3 is 3.07 bits per heavy atom. The third-order valence-corrected chi connectivity index (χ3v) is 2.97. The molecule has 0 radical (unpaired) electrons. The highest BCUT2D eigenvalue weighted by atomic mass is 32.1. The molecule has 0 aliphatic rings. The fraction of sp³-hybridized carbons (Fsp3) is 0.500. The molecule has 0 aromatic carbocycles. The molecule has 1 aromatic rings. The predicted molar refractivity (Wildman–Crippen MR) is 63.3 cm³/mol. The summed E-state index contributed by atoms with van der Waals surface area (Å²) < 4.78 is 0. The van der Waals surface area contributed by atoms with E-state index in [2.05, 4.69) is 34.6 Å². The Morgan fingerprint density at radius 1 is 1.67 bits per heavy atom. The van der Waals surface area contributed by atoms with Crippen LogP contribution in [0.5, 0.6) is 0 Å². The largest absolute Gasteiger partial charge is 0.409 e. The average Bonchev–Trinajstić information content (AvgIpc) is 2.70. The number of thiophene rings is 1. The summed E-state index contributed by atoms with van der Waals surface area (Å²) >= 11 is 1.77. The zero-order valence-corrected chi connectivity index (χ0v) is 9.70. The molecule has 0 amide bonds. The molecule has 0 spiro atoms. The van der Waals surface area contributed by atoms with Crippen LogP contribution < -0.4 is 5.73 Å². The molecule has 0 unspecified atom stereocenters. The van der Waals surface area contributed by atoms with Crippen LogP contribution in [0.25, 0.3) is 0 Å². The lowest BCUT2D eigenvalue weighted by Crippen LogP contribution is -2.20. The van der Waals surface area contributed by atoms with E-state index in [9.17, 15) is 0 Å². The topological polar surface area (TPSA) is 61.8 Å². The molecule has 0 aliphatic heterocycles. The van der Waals surface area contributed by atoms with Crippen molar-refractivity contribution in [1.82, 2.24) is 4.90 Å². The van der Waals surface area contributed by atoms with Gasteiger partial charge in [0.1, 0.15) is 5.84 Å². The van der Waals surface area contributed by atoms with Gasteiger partial charge in [-0.2, -0.15) is 0 Å². The summed E-state index contributed by atoms with van der Waals surface area (Å²) in [4.78, 5) is 3.59. The molecular weight excluding hydrogens is 210 g/mol. The maximum Gasteiger partial charge on any atom is 0.139 e. The number of oxime groups is 1. The summed E-state index contributed by atoms with van der Waals surface area (Å²) in [6.07, 6.45) is 1.56. The van der Waals surface area contributed by atoms with Gasteiger partial charge in [0.15, 0.2) is 0 Å². The summed E-state index contributed by atoms with van der Waals surface area (Å²) in [5, 5.41) is 13.4. The lowest BCUT2D eigenvalue weighted by Gasteiger charge is -2.14. The summed E-state index contributed by atoms with van der Waals surface area (Å²) in [6, 6.07) is 4.19. The molecular formula is C10H17N3OS. The van der Waals surface area contributed by atoms with Gasteiger partial charge in [-0.25, -0.2) is 0 Å². The highest BCUT2D eigenvalue weighted by Crippen LogP contribution is 2.10. The molecule has 84 valence electrons. The van der Waals surface area contributed by atoms with Crippen molar-refractivity contribution in [2.45, 2.75) is 19.4 Å². The smallest absolute Gasteiger partial charge is 0.139 e. The predicted octanol–water partition coefficient (Wildman–Crippen LogP) is 1.71. The zero-order chi connectivity index (χ0) is 11.1. The maximum atomic E-state index is 8.36. The van der Waals surface area contributed by atoms with Gasteiger partial charge in [-0.15, -0.1) is 11.3 Å². The summed E-state index contributed by atoms with van der Waals surface area (Å²) in [6.45, 7) is 1.92. The van der Waals surface area contributed by atoms with Gasteiger partial charge in [0.2, 0.25) is 0 Å². The third kappa shape index (κ3) is 4.80. The van der Waals surface area contributed by atoms with E-state index in [4.69, 9.17) is 10.9 Å². The number of nitrogens with two attached hydrogens (primary N) is 1. The van der Waals surface area contributed by atoms with E-state index in [1.807, 2.05) is 0 Å². The minimum atomic E-state index is 0.305. The summed E-state index contributed by atoms with van der Waals surface area (Å²) in [5.41, 5.74) is 5.38. The normalized spacial score (nSPS) is 12.3. The zero-order valence-electron chi connectivity index (χ0n) is 8.89. The van der Waals surface area contributed by atoms with E-state index in [1.165, 1.54) is 4.88 Å². The highest BCUT2D eigenvalue weighted by Gasteiger charge is 2.01. The monoisotopic (exact) mass is 227 g/mol. The molecule has 3 N–H and O–H groups in total. The fourth-order valence-corrected chi connectivity index (χ4v) is 2.11. The van der Waals surface area contributed by atoms with Crippen LogP contribution in [-0.2, 0) is 6.54 Å². The number of rotatable bonds is 6. The van der Waals surface area contributed by atoms with Crippen LogP contribution in [0.1, 0.15) is 17.7 Å². The molecule has 0 aliphatic carbocycles. The lowest BCUT2D eigenvalue weighted by molar-refractivity contribution is 0.311. The van der Waals surface area contributed by atoms with Crippen LogP contribution >= 0.6 is 11.3 Å². The highest BCUT2D eigenvalue weighted by molar-refractivity contribution is 7.09. The van der Waals surface area contributed by atoms with Crippen LogP contribution in [0, 0.1) is 0 Å². The van der Waals surface area contributed by atoms with Gasteiger partial charge in [-0.05, 0) is 31.5 Å². The molecule has 0 saturated heterocycles. The molecule has 1 aromatic heterocycles. The standard InChI is InChI=1S/C10H17N3OS/c1-13(6-2-5-10(11)12-14)8-9-4-3-7-15-9/h3-4,7,14H,2,5-6,8H2,1H3,(H2,11,12). The van der Waals surface area contributed by atoms with Gasteiger partial charge in [0, 0.05) is 17.8 Å². The first kappa shape index (κ1) is 12.0. The first-order valence-electron chi connectivity index (χ1n) is 4.89. The van der Waals surface area contributed by atoms with Crippen molar-refractivity contribution >= 4 is 17.2 Å². The van der Waals surface area contributed by atoms with Crippen molar-refractivity contribution in [3.63, 3.8) is 0 Å². The van der Waals surface area contributed by atoms with Crippen LogP contribution in [0.15, 0.2) is 22.7 Å². The molecule has 0 atom stereocenters. The van der Waals surface area contributed by atoms with Crippen molar-refractivity contribution in [1.29, 1.82) is 0 Å².